The molecule has 0 unspecified atom stereocenters. The lowest BCUT2D eigenvalue weighted by molar-refractivity contribution is 0.0298. The molecule has 11 heteroatoms. The van der Waals surface area contributed by atoms with Crippen molar-refractivity contribution < 1.29 is 28.2 Å². The van der Waals surface area contributed by atoms with Crippen LogP contribution in [0.5, 0.6) is 0 Å². The SMILES string of the molecule is COCCNC(=O)c1cccc(-n2nc(C(=O)N3CCOCC3)c3c2-c2ccccc2S(O)(O)C3)c1. The molecular weight excluding hydrogens is 484 g/mol. The summed E-state index contributed by atoms with van der Waals surface area (Å²) in [6.45, 7) is 2.52. The fraction of sp³-hybridized carbons (Fsp3) is 0.320. The van der Waals surface area contributed by atoms with Gasteiger partial charge in [0.2, 0.25) is 0 Å². The minimum absolute atomic E-state index is 0.109. The molecule has 36 heavy (non-hydrogen) atoms. The maximum absolute atomic E-state index is 13.5. The summed E-state index contributed by atoms with van der Waals surface area (Å²) in [6.07, 6.45) is 0. The van der Waals surface area contributed by atoms with E-state index in [4.69, 9.17) is 14.6 Å². The quantitative estimate of drug-likeness (QED) is 0.434. The number of nitrogens with one attached hydrogen (secondary N) is 1. The lowest BCUT2D eigenvalue weighted by Gasteiger charge is -2.38. The average Bonchev–Trinajstić information content (AvgIpc) is 3.27. The van der Waals surface area contributed by atoms with Crippen LogP contribution >= 0.6 is 10.6 Å². The van der Waals surface area contributed by atoms with E-state index in [2.05, 4.69) is 5.32 Å². The van der Waals surface area contributed by atoms with Crippen molar-refractivity contribution in [2.45, 2.75) is 10.6 Å². The van der Waals surface area contributed by atoms with Crippen LogP contribution in [0.15, 0.2) is 53.4 Å². The van der Waals surface area contributed by atoms with Gasteiger partial charge in [-0.1, -0.05) is 24.3 Å². The first kappa shape index (κ1) is 24.5. The number of ether oxygens (including phenoxy) is 2. The monoisotopic (exact) mass is 512 g/mol. The molecule has 1 aromatic heterocycles. The zero-order valence-corrected chi connectivity index (χ0v) is 20.7. The predicted molar refractivity (Wildman–Crippen MR) is 135 cm³/mol. The van der Waals surface area contributed by atoms with Gasteiger partial charge in [0.05, 0.1) is 41.9 Å². The molecule has 1 fully saturated rings. The summed E-state index contributed by atoms with van der Waals surface area (Å²) in [4.78, 5) is 28.3. The Kier molecular flexibility index (Phi) is 6.82. The molecule has 0 aliphatic carbocycles. The lowest BCUT2D eigenvalue weighted by Crippen LogP contribution is -2.41. The molecular formula is C25H28N4O6S. The Bertz CT molecular complexity index is 1300. The van der Waals surface area contributed by atoms with Crippen LogP contribution in [0.3, 0.4) is 0 Å². The van der Waals surface area contributed by atoms with E-state index in [1.165, 1.54) is 0 Å². The Hall–Kier alpha value is -3.22. The van der Waals surface area contributed by atoms with E-state index < -0.39 is 10.6 Å². The number of hydrogen-bond donors (Lipinski definition) is 3. The lowest BCUT2D eigenvalue weighted by atomic mass is 10.0. The summed E-state index contributed by atoms with van der Waals surface area (Å²) in [5.74, 6) is -0.646. The summed E-state index contributed by atoms with van der Waals surface area (Å²) in [5, 5.41) is 7.51. The molecule has 0 radical (unpaired) electrons. The van der Waals surface area contributed by atoms with Crippen LogP contribution in [0.2, 0.25) is 0 Å². The van der Waals surface area contributed by atoms with E-state index in [-0.39, 0.29) is 23.3 Å². The third-order valence-corrected chi connectivity index (χ3v) is 8.02. The number of fused-ring (bicyclic) bond motifs is 3. The zero-order valence-electron chi connectivity index (χ0n) is 19.8. The van der Waals surface area contributed by atoms with E-state index in [0.717, 1.165) is 0 Å². The normalized spacial score (nSPS) is 17.1. The molecule has 2 aliphatic heterocycles. The van der Waals surface area contributed by atoms with Gasteiger partial charge in [0.25, 0.3) is 11.8 Å². The molecule has 0 atom stereocenters. The predicted octanol–water partition coefficient (Wildman–Crippen LogP) is 3.01. The first-order valence-corrected chi connectivity index (χ1v) is 13.3. The molecule has 3 aromatic rings. The molecule has 0 bridgehead atoms. The molecule has 0 spiro atoms. The highest BCUT2D eigenvalue weighted by molar-refractivity contribution is 8.23. The van der Waals surface area contributed by atoms with E-state index in [0.29, 0.717) is 72.4 Å². The van der Waals surface area contributed by atoms with Crippen LogP contribution in [-0.2, 0) is 15.2 Å². The summed E-state index contributed by atoms with van der Waals surface area (Å²) in [5.41, 5.74) is 2.89. The van der Waals surface area contributed by atoms with Crippen molar-refractivity contribution in [2.75, 3.05) is 46.6 Å². The van der Waals surface area contributed by atoms with Gasteiger partial charge in [-0.2, -0.15) is 15.7 Å². The zero-order chi connectivity index (χ0) is 25.3. The first-order valence-electron chi connectivity index (χ1n) is 11.6. The summed E-state index contributed by atoms with van der Waals surface area (Å²) in [7, 11) is -1.60. The van der Waals surface area contributed by atoms with Crippen molar-refractivity contribution in [3.8, 4) is 16.9 Å². The number of nitrogens with zero attached hydrogens (tertiary/aromatic N) is 3. The van der Waals surface area contributed by atoms with Crippen LogP contribution in [0.4, 0.5) is 0 Å². The second kappa shape index (κ2) is 10.0. The number of hydrogen-bond acceptors (Lipinski definition) is 7. The van der Waals surface area contributed by atoms with Crippen LogP contribution in [0.1, 0.15) is 26.4 Å². The van der Waals surface area contributed by atoms with E-state index >= 15 is 0 Å². The number of methoxy groups -OCH3 is 1. The third kappa shape index (κ3) is 4.51. The standard InChI is InChI=1S/C25H28N4O6S/c1-34-12-9-26-24(30)17-5-4-6-18(15-17)29-23-19-7-2-3-8-21(19)36(32,33)16-20(23)22(27-29)25(31)28-10-13-35-14-11-28/h2-8,15,32-33H,9-14,16H2,1H3,(H,26,30). The number of amides is 2. The Morgan fingerprint density at radius 1 is 1.14 bits per heavy atom. The van der Waals surface area contributed by atoms with Crippen molar-refractivity contribution >= 4 is 22.4 Å². The smallest absolute Gasteiger partial charge is 0.274 e. The molecule has 2 amide bonds. The Balaban J connectivity index is 1.63. The molecule has 2 aromatic carbocycles. The highest BCUT2D eigenvalue weighted by Gasteiger charge is 2.37. The van der Waals surface area contributed by atoms with E-state index in [9.17, 15) is 18.7 Å². The maximum atomic E-state index is 13.5. The first-order chi connectivity index (χ1) is 17.4. The number of aromatic nitrogens is 2. The highest BCUT2D eigenvalue weighted by atomic mass is 32.3. The van der Waals surface area contributed by atoms with Crippen LogP contribution in [-0.4, -0.2) is 82.2 Å². The van der Waals surface area contributed by atoms with Crippen molar-refractivity contribution in [1.29, 1.82) is 0 Å². The van der Waals surface area contributed by atoms with Gasteiger partial charge in [-0.05, 0) is 24.3 Å². The van der Waals surface area contributed by atoms with E-state index in [1.807, 2.05) is 6.07 Å². The topological polar surface area (TPSA) is 126 Å². The second-order valence-electron chi connectivity index (χ2n) is 8.60. The summed E-state index contributed by atoms with van der Waals surface area (Å²) < 4.78 is 34.0. The van der Waals surface area contributed by atoms with Crippen molar-refractivity contribution in [3.63, 3.8) is 0 Å². The average molecular weight is 513 g/mol. The van der Waals surface area contributed by atoms with Gasteiger partial charge in [0, 0.05) is 43.4 Å². The van der Waals surface area contributed by atoms with Crippen molar-refractivity contribution in [3.05, 3.63) is 65.4 Å². The number of benzene rings is 2. The molecule has 10 nitrogen and oxygen atoms in total. The molecule has 1 saturated heterocycles. The van der Waals surface area contributed by atoms with Crippen LogP contribution in [0.25, 0.3) is 16.9 Å². The molecule has 3 N–H and O–H groups in total. The van der Waals surface area contributed by atoms with Gasteiger partial charge in [0.1, 0.15) is 0 Å². The number of morpholine rings is 1. The highest BCUT2D eigenvalue weighted by Crippen LogP contribution is 2.59. The summed E-state index contributed by atoms with van der Waals surface area (Å²) in [6, 6.07) is 14.0. The fourth-order valence-corrected chi connectivity index (χ4v) is 6.16. The number of rotatable bonds is 6. The Morgan fingerprint density at radius 2 is 1.92 bits per heavy atom. The minimum Gasteiger partial charge on any atom is -0.383 e. The van der Waals surface area contributed by atoms with Gasteiger partial charge >= 0.3 is 0 Å². The molecule has 2 aliphatic rings. The molecule has 5 rings (SSSR count). The minimum atomic E-state index is -3.17. The third-order valence-electron chi connectivity index (χ3n) is 6.27. The van der Waals surface area contributed by atoms with Crippen molar-refractivity contribution in [2.24, 2.45) is 0 Å². The molecule has 3 heterocycles. The largest absolute Gasteiger partial charge is 0.383 e. The number of carbonyl (C=O) groups is 2. The van der Waals surface area contributed by atoms with Gasteiger partial charge in [-0.25, -0.2) is 4.68 Å². The van der Waals surface area contributed by atoms with Gasteiger partial charge in [-0.3, -0.25) is 18.7 Å². The Labute approximate surface area is 210 Å². The van der Waals surface area contributed by atoms with Crippen molar-refractivity contribution in [1.82, 2.24) is 20.0 Å². The van der Waals surface area contributed by atoms with Gasteiger partial charge < -0.3 is 19.7 Å². The molecule has 0 saturated carbocycles. The summed E-state index contributed by atoms with van der Waals surface area (Å²) >= 11 is 0. The Morgan fingerprint density at radius 3 is 2.69 bits per heavy atom. The molecule has 190 valence electrons. The van der Waals surface area contributed by atoms with E-state index in [1.54, 1.807) is 59.2 Å². The van der Waals surface area contributed by atoms with Crippen LogP contribution < -0.4 is 5.32 Å². The van der Waals surface area contributed by atoms with Crippen LogP contribution in [0, 0.1) is 0 Å². The maximum Gasteiger partial charge on any atom is 0.274 e. The van der Waals surface area contributed by atoms with Gasteiger partial charge in [-0.15, -0.1) is 0 Å². The van der Waals surface area contributed by atoms with Gasteiger partial charge in [0.15, 0.2) is 5.69 Å². The fourth-order valence-electron chi connectivity index (χ4n) is 4.51. The number of carbonyl (C=O) groups excluding carboxylic acids is 2. The second-order valence-corrected chi connectivity index (χ2v) is 10.7.